The number of benzene rings is 2. The molecule has 2 aromatic rings. The molecule has 4 nitrogen and oxygen atoms in total. The average molecular weight is 454 g/mol. The fourth-order valence-corrected chi connectivity index (χ4v) is 3.87. The monoisotopic (exact) mass is 453 g/mol. The van der Waals surface area contributed by atoms with Gasteiger partial charge >= 0.3 is 0 Å². The minimum Gasteiger partial charge on any atom is -0.491 e. The molecule has 30 heavy (non-hydrogen) atoms. The van der Waals surface area contributed by atoms with E-state index in [0.29, 0.717) is 18.1 Å². The van der Waals surface area contributed by atoms with Gasteiger partial charge in [0, 0.05) is 35.9 Å². The Kier molecular flexibility index (Phi) is 11.6. The van der Waals surface area contributed by atoms with Crippen molar-refractivity contribution >= 4 is 30.5 Å². The summed E-state index contributed by atoms with van der Waals surface area (Å²) in [6.07, 6.45) is 2.54. The van der Waals surface area contributed by atoms with Crippen molar-refractivity contribution in [1.29, 1.82) is 0 Å². The van der Waals surface area contributed by atoms with Crippen LogP contribution >= 0.6 is 24.8 Å². The molecular formula is C24H37Cl2N3O. The molecule has 0 amide bonds. The maximum Gasteiger partial charge on any atom is 0.124 e. The number of hydrogen-bond acceptors (Lipinski definition) is 4. The van der Waals surface area contributed by atoms with Crippen LogP contribution in [0.4, 0.5) is 5.69 Å². The molecule has 3 N–H and O–H groups in total. The molecule has 0 spiro atoms. The molecule has 0 aliphatic carbocycles. The van der Waals surface area contributed by atoms with Crippen LogP contribution in [0.2, 0.25) is 0 Å². The molecule has 2 aromatic carbocycles. The van der Waals surface area contributed by atoms with Crippen LogP contribution in [0.25, 0.3) is 0 Å². The zero-order valence-corrected chi connectivity index (χ0v) is 20.1. The van der Waals surface area contributed by atoms with E-state index in [2.05, 4.69) is 92.2 Å². The summed E-state index contributed by atoms with van der Waals surface area (Å²) in [4.78, 5) is 0. The van der Waals surface area contributed by atoms with E-state index in [-0.39, 0.29) is 30.9 Å². The Morgan fingerprint density at radius 1 is 1.03 bits per heavy atom. The van der Waals surface area contributed by atoms with Gasteiger partial charge in [-0.15, -0.1) is 24.8 Å². The van der Waals surface area contributed by atoms with E-state index in [1.54, 1.807) is 0 Å². The summed E-state index contributed by atoms with van der Waals surface area (Å²) in [6, 6.07) is 18.4. The van der Waals surface area contributed by atoms with Crippen molar-refractivity contribution in [2.45, 2.75) is 71.3 Å². The third-order valence-electron chi connectivity index (χ3n) is 5.05. The van der Waals surface area contributed by atoms with Gasteiger partial charge in [0.1, 0.15) is 5.75 Å². The summed E-state index contributed by atoms with van der Waals surface area (Å²) in [5.41, 5.74) is 3.70. The molecule has 0 aromatic heterocycles. The Bertz CT molecular complexity index is 740. The number of nitrogens with one attached hydrogen (secondary N) is 3. The number of ether oxygens (including phenoxy) is 1. The normalized spacial score (nSPS) is 18.5. The minimum atomic E-state index is 0. The van der Waals surface area contributed by atoms with E-state index >= 15 is 0 Å². The van der Waals surface area contributed by atoms with Crippen LogP contribution in [-0.4, -0.2) is 24.7 Å². The van der Waals surface area contributed by atoms with E-state index in [9.17, 15) is 0 Å². The Morgan fingerprint density at radius 2 is 1.77 bits per heavy atom. The first-order valence-corrected chi connectivity index (χ1v) is 10.6. The first-order valence-electron chi connectivity index (χ1n) is 10.6. The highest BCUT2D eigenvalue weighted by atomic mass is 35.5. The first kappa shape index (κ1) is 26.6. The van der Waals surface area contributed by atoms with E-state index < -0.39 is 0 Å². The maximum absolute atomic E-state index is 6.07. The molecule has 2 atom stereocenters. The predicted octanol–water partition coefficient (Wildman–Crippen LogP) is 5.72. The molecule has 0 bridgehead atoms. The van der Waals surface area contributed by atoms with Gasteiger partial charge in [-0.05, 0) is 70.8 Å². The summed E-state index contributed by atoms with van der Waals surface area (Å²) < 4.78 is 6.07. The van der Waals surface area contributed by atoms with Gasteiger partial charge in [0.25, 0.3) is 0 Å². The predicted molar refractivity (Wildman–Crippen MR) is 133 cm³/mol. The summed E-state index contributed by atoms with van der Waals surface area (Å²) in [5, 5.41) is 11.0. The van der Waals surface area contributed by atoms with Crippen molar-refractivity contribution in [1.82, 2.24) is 10.6 Å². The molecule has 1 aliphatic rings. The second-order valence-corrected chi connectivity index (χ2v) is 8.26. The number of halogens is 2. The lowest BCUT2D eigenvalue weighted by Gasteiger charge is -2.34. The molecule has 1 heterocycles. The fourth-order valence-electron chi connectivity index (χ4n) is 3.87. The van der Waals surface area contributed by atoms with Crippen LogP contribution in [0.3, 0.4) is 0 Å². The van der Waals surface area contributed by atoms with Crippen molar-refractivity contribution in [2.24, 2.45) is 0 Å². The number of hydrogen-bond donors (Lipinski definition) is 3. The molecule has 6 heteroatoms. The lowest BCUT2D eigenvalue weighted by molar-refractivity contribution is 0.238. The van der Waals surface area contributed by atoms with Gasteiger partial charge in [-0.2, -0.15) is 0 Å². The zero-order valence-electron chi connectivity index (χ0n) is 18.5. The molecule has 0 unspecified atom stereocenters. The minimum absolute atomic E-state index is 0. The highest BCUT2D eigenvalue weighted by molar-refractivity contribution is 5.85. The summed E-state index contributed by atoms with van der Waals surface area (Å²) in [7, 11) is 0. The Balaban J connectivity index is 0.00000225. The first-order chi connectivity index (χ1) is 13.5. The third-order valence-corrected chi connectivity index (χ3v) is 5.05. The zero-order chi connectivity index (χ0) is 19.9. The molecule has 1 saturated heterocycles. The van der Waals surface area contributed by atoms with E-state index in [0.717, 1.165) is 24.5 Å². The van der Waals surface area contributed by atoms with Crippen molar-refractivity contribution in [3.63, 3.8) is 0 Å². The van der Waals surface area contributed by atoms with Gasteiger partial charge in [-0.1, -0.05) is 30.3 Å². The van der Waals surface area contributed by atoms with Gasteiger partial charge in [-0.25, -0.2) is 0 Å². The molecule has 1 fully saturated rings. The van der Waals surface area contributed by atoms with Crippen LogP contribution < -0.4 is 20.7 Å². The lowest BCUT2D eigenvalue weighted by atomic mass is 9.92. The van der Waals surface area contributed by atoms with Crippen LogP contribution in [0, 0.1) is 0 Å². The summed E-state index contributed by atoms with van der Waals surface area (Å²) >= 11 is 0. The van der Waals surface area contributed by atoms with Gasteiger partial charge in [-0.3, -0.25) is 0 Å². The Labute approximate surface area is 194 Å². The summed E-state index contributed by atoms with van der Waals surface area (Å²) in [6.45, 7) is 10.4. The highest BCUT2D eigenvalue weighted by Crippen LogP contribution is 2.27. The van der Waals surface area contributed by atoms with Crippen LogP contribution in [-0.2, 0) is 6.54 Å². The second kappa shape index (κ2) is 13.1. The van der Waals surface area contributed by atoms with Crippen LogP contribution in [0.1, 0.15) is 57.7 Å². The topological polar surface area (TPSA) is 45.3 Å². The molecule has 1 aliphatic heterocycles. The van der Waals surface area contributed by atoms with E-state index in [1.165, 1.54) is 24.0 Å². The van der Waals surface area contributed by atoms with E-state index in [4.69, 9.17) is 4.74 Å². The summed E-state index contributed by atoms with van der Waals surface area (Å²) in [5.74, 6) is 0.969. The number of piperidine rings is 1. The standard InChI is InChI=1S/C24H35N3O.2ClH/c1-17(2)27-21-12-13-23(28-18(3)4)20(15-21)16-26-22-11-8-14-25-24(22)19-9-6-5-7-10-19;;/h5-7,9-10,12-13,15,17-18,22,24-27H,8,11,14,16H2,1-4H3;2*1H/t22-,24-;;/m0../s1. The molecule has 0 radical (unpaired) electrons. The largest absolute Gasteiger partial charge is 0.491 e. The van der Waals surface area contributed by atoms with Crippen molar-refractivity contribution in [3.05, 3.63) is 59.7 Å². The molecular weight excluding hydrogens is 417 g/mol. The average Bonchev–Trinajstić information content (AvgIpc) is 2.68. The Hall–Kier alpha value is -1.46. The van der Waals surface area contributed by atoms with Crippen molar-refractivity contribution in [3.8, 4) is 5.75 Å². The molecule has 168 valence electrons. The lowest BCUT2D eigenvalue weighted by Crippen LogP contribution is -2.45. The smallest absolute Gasteiger partial charge is 0.124 e. The second-order valence-electron chi connectivity index (χ2n) is 8.26. The Morgan fingerprint density at radius 3 is 2.43 bits per heavy atom. The van der Waals surface area contributed by atoms with Gasteiger partial charge < -0.3 is 20.7 Å². The highest BCUT2D eigenvalue weighted by Gasteiger charge is 2.25. The van der Waals surface area contributed by atoms with Crippen LogP contribution in [0.15, 0.2) is 48.5 Å². The number of anilines is 1. The van der Waals surface area contributed by atoms with Crippen molar-refractivity contribution in [2.75, 3.05) is 11.9 Å². The number of rotatable bonds is 8. The van der Waals surface area contributed by atoms with Crippen LogP contribution in [0.5, 0.6) is 5.75 Å². The van der Waals surface area contributed by atoms with Gasteiger partial charge in [0.05, 0.1) is 6.10 Å². The molecule has 3 rings (SSSR count). The maximum atomic E-state index is 6.07. The third kappa shape index (κ3) is 7.66. The van der Waals surface area contributed by atoms with Crippen molar-refractivity contribution < 1.29 is 4.74 Å². The van der Waals surface area contributed by atoms with E-state index in [1.807, 2.05) is 0 Å². The fraction of sp³-hybridized carbons (Fsp3) is 0.500. The van der Waals surface area contributed by atoms with Gasteiger partial charge in [0.2, 0.25) is 0 Å². The quantitative estimate of drug-likeness (QED) is 0.477. The SMILES string of the molecule is CC(C)Nc1ccc(OC(C)C)c(CN[C@H]2CCCN[C@H]2c2ccccc2)c1.Cl.Cl. The molecule has 0 saturated carbocycles. The van der Waals surface area contributed by atoms with Gasteiger partial charge in [0.15, 0.2) is 0 Å².